The Morgan fingerprint density at radius 2 is 1.75 bits per heavy atom. The van der Waals surface area contributed by atoms with Crippen molar-refractivity contribution in [1.29, 1.82) is 0 Å². The zero-order valence-corrected chi connectivity index (χ0v) is 12.9. The molecule has 0 N–H and O–H groups in total. The van der Waals surface area contributed by atoms with E-state index in [1.807, 2.05) is 11.8 Å². The van der Waals surface area contributed by atoms with Gasteiger partial charge in [0.1, 0.15) is 0 Å². The molecule has 1 aromatic rings. The fourth-order valence-corrected chi connectivity index (χ4v) is 2.09. The Kier molecular flexibility index (Phi) is 7.31. The topological polar surface area (TPSA) is 37.4 Å². The van der Waals surface area contributed by atoms with E-state index in [1.54, 1.807) is 24.3 Å². The Morgan fingerprint density at radius 3 is 2.30 bits per heavy atom. The van der Waals surface area contributed by atoms with Crippen molar-refractivity contribution in [1.82, 2.24) is 4.90 Å². The molecule has 0 atom stereocenters. The highest BCUT2D eigenvalue weighted by Gasteiger charge is 2.14. The van der Waals surface area contributed by atoms with Crippen molar-refractivity contribution in [3.63, 3.8) is 0 Å². The van der Waals surface area contributed by atoms with E-state index in [4.69, 9.17) is 11.6 Å². The van der Waals surface area contributed by atoms with Crippen LogP contribution in [0, 0.1) is 0 Å². The third-order valence-corrected chi connectivity index (χ3v) is 3.50. The first-order valence-electron chi connectivity index (χ1n) is 7.15. The van der Waals surface area contributed by atoms with E-state index in [0.29, 0.717) is 17.1 Å². The first kappa shape index (κ1) is 16.7. The van der Waals surface area contributed by atoms with Crippen LogP contribution in [0.4, 0.5) is 0 Å². The second kappa shape index (κ2) is 8.75. The molecule has 1 rings (SSSR count). The van der Waals surface area contributed by atoms with Gasteiger partial charge in [-0.25, -0.2) is 0 Å². The number of hydrogen-bond acceptors (Lipinski definition) is 2. The molecule has 0 aliphatic heterocycles. The van der Waals surface area contributed by atoms with Gasteiger partial charge in [0.25, 0.3) is 0 Å². The smallest absolute Gasteiger partial charge is 0.223 e. The van der Waals surface area contributed by atoms with Crippen LogP contribution in [0.15, 0.2) is 24.3 Å². The molecule has 0 aromatic heterocycles. The number of nitrogens with zero attached hydrogens (tertiary/aromatic N) is 1. The minimum absolute atomic E-state index is 0.0124. The summed E-state index contributed by atoms with van der Waals surface area (Å²) in [6, 6.07) is 6.78. The zero-order chi connectivity index (χ0) is 15.0. The molecule has 0 radical (unpaired) electrons. The molecule has 0 bridgehead atoms. The molecular formula is C16H22ClNO2. The predicted octanol–water partition coefficient (Wildman–Crippen LogP) is 3.95. The number of rotatable bonds is 8. The van der Waals surface area contributed by atoms with E-state index in [9.17, 15) is 9.59 Å². The average Bonchev–Trinajstić information content (AvgIpc) is 2.46. The third-order valence-electron chi connectivity index (χ3n) is 3.25. The van der Waals surface area contributed by atoms with Crippen molar-refractivity contribution < 1.29 is 9.59 Å². The van der Waals surface area contributed by atoms with E-state index in [0.717, 1.165) is 19.4 Å². The van der Waals surface area contributed by atoms with Gasteiger partial charge in [-0.2, -0.15) is 0 Å². The molecule has 110 valence electrons. The van der Waals surface area contributed by atoms with Gasteiger partial charge in [-0.1, -0.05) is 24.9 Å². The van der Waals surface area contributed by atoms with E-state index < -0.39 is 0 Å². The fourth-order valence-electron chi connectivity index (χ4n) is 1.97. The van der Waals surface area contributed by atoms with E-state index in [-0.39, 0.29) is 24.5 Å². The number of hydrogen-bond donors (Lipinski definition) is 0. The number of benzene rings is 1. The maximum absolute atomic E-state index is 12.0. The molecule has 0 aliphatic carbocycles. The number of carbonyl (C=O) groups is 2. The molecule has 0 fully saturated rings. The summed E-state index contributed by atoms with van der Waals surface area (Å²) in [4.78, 5) is 25.8. The van der Waals surface area contributed by atoms with Crippen LogP contribution in [0.25, 0.3) is 0 Å². The summed E-state index contributed by atoms with van der Waals surface area (Å²) < 4.78 is 0. The van der Waals surface area contributed by atoms with Gasteiger partial charge >= 0.3 is 0 Å². The number of Topliss-reactive ketones (excluding diaryl/α,β-unsaturated/α-hetero) is 1. The van der Waals surface area contributed by atoms with Crippen molar-refractivity contribution in [3.05, 3.63) is 34.9 Å². The standard InChI is InChI=1S/C16H22ClNO2/c1-3-5-12-18(4-2)16(20)11-10-15(19)13-6-8-14(17)9-7-13/h6-9H,3-5,10-12H2,1-2H3. The Morgan fingerprint density at radius 1 is 1.10 bits per heavy atom. The summed E-state index contributed by atoms with van der Waals surface area (Å²) in [6.45, 7) is 5.55. The molecule has 0 saturated heterocycles. The predicted molar refractivity (Wildman–Crippen MR) is 82.2 cm³/mol. The first-order chi connectivity index (χ1) is 9.58. The molecule has 0 unspecified atom stereocenters. The van der Waals surface area contributed by atoms with Crippen molar-refractivity contribution in [2.45, 2.75) is 39.5 Å². The summed E-state index contributed by atoms with van der Waals surface area (Å²) in [5.74, 6) is 0.0461. The quantitative estimate of drug-likeness (QED) is 0.681. The Balaban J connectivity index is 2.47. The Bertz CT molecular complexity index is 442. The van der Waals surface area contributed by atoms with Gasteiger partial charge in [0.05, 0.1) is 0 Å². The fraction of sp³-hybridized carbons (Fsp3) is 0.500. The number of carbonyl (C=O) groups excluding carboxylic acids is 2. The summed E-state index contributed by atoms with van der Waals surface area (Å²) >= 11 is 5.78. The minimum atomic E-state index is -0.0124. The molecule has 20 heavy (non-hydrogen) atoms. The van der Waals surface area contributed by atoms with Crippen LogP contribution in [-0.4, -0.2) is 29.7 Å². The lowest BCUT2D eigenvalue weighted by molar-refractivity contribution is -0.131. The monoisotopic (exact) mass is 295 g/mol. The van der Waals surface area contributed by atoms with E-state index in [2.05, 4.69) is 6.92 Å². The highest BCUT2D eigenvalue weighted by atomic mass is 35.5. The highest BCUT2D eigenvalue weighted by Crippen LogP contribution is 2.12. The number of amides is 1. The molecule has 1 aromatic carbocycles. The normalized spacial score (nSPS) is 10.3. The molecule has 1 amide bonds. The molecule has 0 aliphatic rings. The largest absolute Gasteiger partial charge is 0.343 e. The van der Waals surface area contributed by atoms with Crippen LogP contribution in [0.3, 0.4) is 0 Å². The molecule has 0 saturated carbocycles. The molecule has 0 spiro atoms. The minimum Gasteiger partial charge on any atom is -0.343 e. The SMILES string of the molecule is CCCCN(CC)C(=O)CCC(=O)c1ccc(Cl)cc1. The highest BCUT2D eigenvalue weighted by molar-refractivity contribution is 6.30. The zero-order valence-electron chi connectivity index (χ0n) is 12.2. The lowest BCUT2D eigenvalue weighted by Crippen LogP contribution is -2.31. The van der Waals surface area contributed by atoms with Gasteiger partial charge in [-0.15, -0.1) is 0 Å². The van der Waals surface area contributed by atoms with Gasteiger partial charge in [-0.3, -0.25) is 9.59 Å². The maximum Gasteiger partial charge on any atom is 0.223 e. The van der Waals surface area contributed by atoms with Gasteiger partial charge < -0.3 is 4.90 Å². The Labute approximate surface area is 125 Å². The molecule has 0 heterocycles. The lowest BCUT2D eigenvalue weighted by atomic mass is 10.1. The van der Waals surface area contributed by atoms with Gasteiger partial charge in [0.2, 0.25) is 5.91 Å². The first-order valence-corrected chi connectivity index (χ1v) is 7.52. The van der Waals surface area contributed by atoms with Crippen molar-refractivity contribution in [2.24, 2.45) is 0 Å². The number of halogens is 1. The summed E-state index contributed by atoms with van der Waals surface area (Å²) in [5, 5.41) is 0.606. The van der Waals surface area contributed by atoms with Crippen molar-refractivity contribution in [3.8, 4) is 0 Å². The molecule has 3 nitrogen and oxygen atoms in total. The van der Waals surface area contributed by atoms with Crippen molar-refractivity contribution >= 4 is 23.3 Å². The van der Waals surface area contributed by atoms with Crippen LogP contribution in [0.2, 0.25) is 5.02 Å². The van der Waals surface area contributed by atoms with Crippen LogP contribution >= 0.6 is 11.6 Å². The van der Waals surface area contributed by atoms with E-state index >= 15 is 0 Å². The summed E-state index contributed by atoms with van der Waals surface area (Å²) in [7, 11) is 0. The third kappa shape index (κ3) is 5.33. The Hall–Kier alpha value is -1.35. The molecular weight excluding hydrogens is 274 g/mol. The second-order valence-corrected chi connectivity index (χ2v) is 5.19. The average molecular weight is 296 g/mol. The lowest BCUT2D eigenvalue weighted by Gasteiger charge is -2.20. The molecule has 4 heteroatoms. The van der Waals surface area contributed by atoms with Crippen LogP contribution < -0.4 is 0 Å². The van der Waals surface area contributed by atoms with Crippen molar-refractivity contribution in [2.75, 3.05) is 13.1 Å². The second-order valence-electron chi connectivity index (χ2n) is 4.76. The van der Waals surface area contributed by atoms with Gasteiger partial charge in [-0.05, 0) is 37.6 Å². The van der Waals surface area contributed by atoms with Crippen LogP contribution in [0.5, 0.6) is 0 Å². The van der Waals surface area contributed by atoms with Crippen LogP contribution in [-0.2, 0) is 4.79 Å². The van der Waals surface area contributed by atoms with Gasteiger partial charge in [0.15, 0.2) is 5.78 Å². The maximum atomic E-state index is 12.0. The van der Waals surface area contributed by atoms with E-state index in [1.165, 1.54) is 0 Å². The van der Waals surface area contributed by atoms with Crippen LogP contribution in [0.1, 0.15) is 49.9 Å². The summed E-state index contributed by atoms with van der Waals surface area (Å²) in [6.07, 6.45) is 2.60. The number of ketones is 1. The van der Waals surface area contributed by atoms with Gasteiger partial charge in [0, 0.05) is 36.5 Å². The number of unbranched alkanes of at least 4 members (excludes halogenated alkanes) is 1. The summed E-state index contributed by atoms with van der Waals surface area (Å²) in [5.41, 5.74) is 0.610.